The maximum absolute atomic E-state index is 13.4. The standard InChI is InChI=1S/C38H48O18/c1-2-23-24(15-28(42)52-18-27-30(44)32(46)33(47)37(55-27)51-14-12-20-5-9-22(41)10-6-20)25(35(49)50-13-11-19-3-7-21(40)8-4-19)17-53-36(23)56-38-34(48)31(45)29(43)26(16-39)54-38/h2-10,17,24,26-27,29-34,36-41,43-48H,11-16,18H2,1H3/b23-2+/t24-,26+,27-,29+,30-,31+,32-,33-,34+,36-,37+,38-/m0/s1. The fourth-order valence-electron chi connectivity index (χ4n) is 6.36. The molecule has 2 aromatic rings. The Balaban J connectivity index is 1.26. The van der Waals surface area contributed by atoms with Crippen molar-refractivity contribution in [3.63, 3.8) is 0 Å². The minimum Gasteiger partial charge on any atom is -0.508 e. The third-order valence-electron chi connectivity index (χ3n) is 9.66. The Kier molecular flexibility index (Phi) is 15.2. The molecule has 12 atom stereocenters. The van der Waals surface area contributed by atoms with E-state index in [9.17, 15) is 55.5 Å². The van der Waals surface area contributed by atoms with Gasteiger partial charge in [-0.15, -0.1) is 0 Å². The van der Waals surface area contributed by atoms with Gasteiger partial charge in [0.2, 0.25) is 6.29 Å². The highest BCUT2D eigenvalue weighted by Gasteiger charge is 2.48. The van der Waals surface area contributed by atoms with Crippen LogP contribution in [0.3, 0.4) is 0 Å². The summed E-state index contributed by atoms with van der Waals surface area (Å²) in [5.41, 5.74) is 1.62. The van der Waals surface area contributed by atoms with Crippen LogP contribution in [0.15, 0.2) is 72.0 Å². The van der Waals surface area contributed by atoms with Crippen LogP contribution in [0.25, 0.3) is 0 Å². The molecule has 2 aromatic carbocycles. The number of phenols is 2. The fourth-order valence-corrected chi connectivity index (χ4v) is 6.36. The van der Waals surface area contributed by atoms with Crippen molar-refractivity contribution in [2.45, 2.75) is 93.9 Å². The first-order chi connectivity index (χ1) is 26.8. The quantitative estimate of drug-likeness (QED) is 0.0757. The van der Waals surface area contributed by atoms with Crippen molar-refractivity contribution in [3.05, 3.63) is 83.1 Å². The largest absolute Gasteiger partial charge is 0.508 e. The van der Waals surface area contributed by atoms with E-state index < -0.39 is 105 Å². The zero-order chi connectivity index (χ0) is 40.5. The van der Waals surface area contributed by atoms with Crippen molar-refractivity contribution in [3.8, 4) is 11.5 Å². The van der Waals surface area contributed by atoms with Crippen LogP contribution in [0.5, 0.6) is 11.5 Å². The Morgan fingerprint density at radius 1 is 0.714 bits per heavy atom. The maximum Gasteiger partial charge on any atom is 0.337 e. The lowest BCUT2D eigenvalue weighted by Gasteiger charge is -2.42. The van der Waals surface area contributed by atoms with Gasteiger partial charge in [-0.25, -0.2) is 4.79 Å². The molecule has 9 N–H and O–H groups in total. The number of carbonyl (C=O) groups is 2. The molecule has 0 bridgehead atoms. The first-order valence-corrected chi connectivity index (χ1v) is 18.0. The highest BCUT2D eigenvalue weighted by molar-refractivity contribution is 5.91. The summed E-state index contributed by atoms with van der Waals surface area (Å²) in [7, 11) is 0. The van der Waals surface area contributed by atoms with Gasteiger partial charge in [0.05, 0.1) is 38.1 Å². The van der Waals surface area contributed by atoms with Gasteiger partial charge in [-0.3, -0.25) is 4.79 Å². The topological polar surface area (TPSA) is 281 Å². The number of allylic oxidation sites excluding steroid dienone is 1. The number of esters is 2. The van der Waals surface area contributed by atoms with Crippen LogP contribution in [0.2, 0.25) is 0 Å². The summed E-state index contributed by atoms with van der Waals surface area (Å²) >= 11 is 0. The number of aliphatic hydroxyl groups is 7. The predicted molar refractivity (Wildman–Crippen MR) is 188 cm³/mol. The minimum atomic E-state index is -1.79. The van der Waals surface area contributed by atoms with Gasteiger partial charge in [0.25, 0.3) is 0 Å². The molecule has 18 heteroatoms. The molecule has 2 fully saturated rings. The molecule has 0 spiro atoms. The van der Waals surface area contributed by atoms with E-state index in [0.717, 1.165) is 17.4 Å². The predicted octanol–water partition coefficient (Wildman–Crippen LogP) is -1.20. The van der Waals surface area contributed by atoms with Crippen LogP contribution in [0.1, 0.15) is 24.5 Å². The minimum absolute atomic E-state index is 0.0320. The van der Waals surface area contributed by atoms with Gasteiger partial charge in [-0.05, 0) is 48.7 Å². The second-order valence-electron chi connectivity index (χ2n) is 13.5. The van der Waals surface area contributed by atoms with Crippen molar-refractivity contribution in [1.29, 1.82) is 0 Å². The summed E-state index contributed by atoms with van der Waals surface area (Å²) in [6.07, 6.45) is -14.7. The first-order valence-electron chi connectivity index (χ1n) is 18.0. The number of rotatable bonds is 15. The monoisotopic (exact) mass is 792 g/mol. The third kappa shape index (κ3) is 10.6. The van der Waals surface area contributed by atoms with E-state index in [1.165, 1.54) is 30.3 Å². The summed E-state index contributed by atoms with van der Waals surface area (Å²) in [6.45, 7) is 0.183. The molecular weight excluding hydrogens is 744 g/mol. The number of aromatic hydroxyl groups is 2. The van der Waals surface area contributed by atoms with Crippen molar-refractivity contribution < 1.29 is 88.7 Å². The Labute approximate surface area is 321 Å². The molecule has 3 aliphatic heterocycles. The summed E-state index contributed by atoms with van der Waals surface area (Å²) in [6, 6.07) is 12.6. The van der Waals surface area contributed by atoms with E-state index in [-0.39, 0.29) is 42.3 Å². The molecule has 0 unspecified atom stereocenters. The Bertz CT molecular complexity index is 1640. The Morgan fingerprint density at radius 3 is 1.86 bits per heavy atom. The van der Waals surface area contributed by atoms with E-state index in [0.29, 0.717) is 6.42 Å². The normalized spacial score (nSPS) is 32.6. The van der Waals surface area contributed by atoms with E-state index in [1.54, 1.807) is 31.2 Å². The Hall–Kier alpha value is -4.18. The number of phenolic OH excluding ortho intramolecular Hbond substituents is 2. The molecule has 308 valence electrons. The van der Waals surface area contributed by atoms with Crippen molar-refractivity contribution in [1.82, 2.24) is 0 Å². The van der Waals surface area contributed by atoms with Crippen molar-refractivity contribution in [2.24, 2.45) is 5.92 Å². The average Bonchev–Trinajstić information content (AvgIpc) is 3.19. The number of carbonyl (C=O) groups excluding carboxylic acids is 2. The van der Waals surface area contributed by atoms with Gasteiger partial charge in [0.15, 0.2) is 12.6 Å². The molecule has 0 aromatic heterocycles. The van der Waals surface area contributed by atoms with Gasteiger partial charge in [0, 0.05) is 17.9 Å². The van der Waals surface area contributed by atoms with Gasteiger partial charge >= 0.3 is 11.9 Å². The van der Waals surface area contributed by atoms with Crippen molar-refractivity contribution >= 4 is 11.9 Å². The van der Waals surface area contributed by atoms with E-state index in [2.05, 4.69) is 0 Å². The second kappa shape index (κ2) is 19.8. The average molecular weight is 793 g/mol. The lowest BCUT2D eigenvalue weighted by molar-refractivity contribution is -0.327. The zero-order valence-corrected chi connectivity index (χ0v) is 30.4. The number of benzene rings is 2. The van der Waals surface area contributed by atoms with Crippen LogP contribution in [-0.4, -0.2) is 152 Å². The molecule has 3 aliphatic rings. The molecule has 5 rings (SSSR count). The van der Waals surface area contributed by atoms with Crippen LogP contribution in [0, 0.1) is 5.92 Å². The fraction of sp³-hybridized carbons (Fsp3) is 0.526. The number of hydrogen-bond donors (Lipinski definition) is 9. The van der Waals surface area contributed by atoms with E-state index >= 15 is 0 Å². The molecule has 0 saturated carbocycles. The number of ether oxygens (including phenoxy) is 7. The number of aliphatic hydroxyl groups excluding tert-OH is 7. The Morgan fingerprint density at radius 2 is 1.27 bits per heavy atom. The smallest absolute Gasteiger partial charge is 0.337 e. The highest BCUT2D eigenvalue weighted by Crippen LogP contribution is 2.36. The van der Waals surface area contributed by atoms with Gasteiger partial charge in [0.1, 0.15) is 66.9 Å². The lowest BCUT2D eigenvalue weighted by Crippen LogP contribution is -2.60. The lowest BCUT2D eigenvalue weighted by atomic mass is 9.86. The summed E-state index contributed by atoms with van der Waals surface area (Å²) in [4.78, 5) is 26.9. The van der Waals surface area contributed by atoms with Crippen LogP contribution in [-0.2, 0) is 55.6 Å². The van der Waals surface area contributed by atoms with Crippen LogP contribution in [0.4, 0.5) is 0 Å². The summed E-state index contributed by atoms with van der Waals surface area (Å²) in [5, 5.41) is 91.3. The van der Waals surface area contributed by atoms with Crippen LogP contribution >= 0.6 is 0 Å². The molecule has 0 radical (unpaired) electrons. The number of hydrogen-bond acceptors (Lipinski definition) is 18. The molecule has 2 saturated heterocycles. The van der Waals surface area contributed by atoms with Crippen LogP contribution < -0.4 is 0 Å². The van der Waals surface area contributed by atoms with Crippen molar-refractivity contribution in [2.75, 3.05) is 26.4 Å². The molecule has 0 amide bonds. The molecule has 56 heavy (non-hydrogen) atoms. The molecule has 3 heterocycles. The highest BCUT2D eigenvalue weighted by atomic mass is 16.8. The van der Waals surface area contributed by atoms with Gasteiger partial charge in [-0.2, -0.15) is 0 Å². The van der Waals surface area contributed by atoms with E-state index in [1.807, 2.05) is 0 Å². The second-order valence-corrected chi connectivity index (χ2v) is 13.5. The molecule has 0 aliphatic carbocycles. The zero-order valence-electron chi connectivity index (χ0n) is 30.4. The first kappa shape index (κ1) is 43.0. The summed E-state index contributed by atoms with van der Waals surface area (Å²) in [5.74, 6) is -2.74. The van der Waals surface area contributed by atoms with Gasteiger partial charge in [-0.1, -0.05) is 30.3 Å². The molecule has 18 nitrogen and oxygen atoms in total. The van der Waals surface area contributed by atoms with E-state index in [4.69, 9.17) is 33.2 Å². The molecular formula is C38H48O18. The van der Waals surface area contributed by atoms with Gasteiger partial charge < -0.3 is 79.1 Å². The third-order valence-corrected chi connectivity index (χ3v) is 9.66. The summed E-state index contributed by atoms with van der Waals surface area (Å²) < 4.78 is 39.2. The maximum atomic E-state index is 13.4. The SMILES string of the molecule is C/C=C1/[C@H](O[C@@H]2O[C@H](CO)[C@@H](O)[C@@H](O)[C@H]2O)OC=C(C(=O)OCCc2ccc(O)cc2)[C@H]1CC(=O)OC[C@@H]1O[C@@H](OCCc2ccc(O)cc2)[C@@H](O)[C@@H](O)[C@H]1O.